The first-order valence-corrected chi connectivity index (χ1v) is 8.71. The van der Waals surface area contributed by atoms with Crippen molar-refractivity contribution in [3.63, 3.8) is 0 Å². The molecule has 1 heterocycles. The molecule has 2 atom stereocenters. The highest BCUT2D eigenvalue weighted by Crippen LogP contribution is 2.36. The lowest BCUT2D eigenvalue weighted by Crippen LogP contribution is -2.29. The van der Waals surface area contributed by atoms with Crippen LogP contribution in [0.4, 0.5) is 18.9 Å². The number of para-hydroxylation sites is 2. The molecule has 3 rings (SSSR count). The fourth-order valence-corrected chi connectivity index (χ4v) is 3.40. The average Bonchev–Trinajstić information content (AvgIpc) is 3.02. The number of β-amino-alcohol motifs (C(OH)–C–C–N with tert-alkyl or cyclic N) is 1. The van der Waals surface area contributed by atoms with Gasteiger partial charge in [-0.25, -0.2) is 0 Å². The molecule has 0 amide bonds. The Morgan fingerprint density at radius 3 is 2.68 bits per heavy atom. The molecular formula is C19H19F3N2O4. The van der Waals surface area contributed by atoms with Gasteiger partial charge in [0.05, 0.1) is 16.6 Å². The van der Waals surface area contributed by atoms with E-state index in [4.69, 9.17) is 4.74 Å². The minimum Gasteiger partial charge on any atom is -0.485 e. The van der Waals surface area contributed by atoms with Crippen LogP contribution in [0.25, 0.3) is 0 Å². The third-order valence-corrected chi connectivity index (χ3v) is 4.68. The number of nitro groups is 1. The summed E-state index contributed by atoms with van der Waals surface area (Å²) in [5, 5.41) is 21.0. The van der Waals surface area contributed by atoms with E-state index in [1.165, 1.54) is 24.3 Å². The van der Waals surface area contributed by atoms with Crippen molar-refractivity contribution in [2.45, 2.75) is 24.7 Å². The third kappa shape index (κ3) is 4.60. The Labute approximate surface area is 159 Å². The quantitative estimate of drug-likeness (QED) is 0.594. The number of rotatable bonds is 6. The van der Waals surface area contributed by atoms with Crippen molar-refractivity contribution < 1.29 is 27.9 Å². The summed E-state index contributed by atoms with van der Waals surface area (Å²) in [6.07, 6.45) is -4.79. The van der Waals surface area contributed by atoms with Crippen molar-refractivity contribution in [1.82, 2.24) is 4.90 Å². The van der Waals surface area contributed by atoms with Crippen LogP contribution in [-0.4, -0.2) is 40.7 Å². The number of hydrogen-bond acceptors (Lipinski definition) is 5. The summed E-state index contributed by atoms with van der Waals surface area (Å²) in [5.74, 6) is 0.128. The van der Waals surface area contributed by atoms with Crippen molar-refractivity contribution in [3.05, 3.63) is 69.8 Å². The van der Waals surface area contributed by atoms with Crippen LogP contribution in [0.2, 0.25) is 0 Å². The van der Waals surface area contributed by atoms with Crippen LogP contribution in [0.15, 0.2) is 48.5 Å². The molecule has 1 N–H and O–H groups in total. The van der Waals surface area contributed by atoms with Gasteiger partial charge in [0.15, 0.2) is 5.75 Å². The smallest absolute Gasteiger partial charge is 0.416 e. The first kappa shape index (κ1) is 20.1. The molecule has 1 fully saturated rings. The summed E-state index contributed by atoms with van der Waals surface area (Å²) in [7, 11) is 0. The molecule has 2 unspecified atom stereocenters. The lowest BCUT2D eigenvalue weighted by Gasteiger charge is -2.25. The molecular weight excluding hydrogens is 377 g/mol. The van der Waals surface area contributed by atoms with E-state index in [0.29, 0.717) is 25.1 Å². The Hall–Kier alpha value is -2.65. The zero-order chi connectivity index (χ0) is 20.3. The monoisotopic (exact) mass is 396 g/mol. The number of aliphatic hydroxyl groups excluding tert-OH is 1. The number of alkyl halides is 3. The van der Waals surface area contributed by atoms with E-state index >= 15 is 0 Å². The van der Waals surface area contributed by atoms with E-state index in [1.54, 1.807) is 12.1 Å². The van der Waals surface area contributed by atoms with Crippen LogP contribution in [0.1, 0.15) is 23.6 Å². The first-order valence-electron chi connectivity index (χ1n) is 8.71. The van der Waals surface area contributed by atoms with Crippen molar-refractivity contribution in [1.29, 1.82) is 0 Å². The average molecular weight is 396 g/mol. The van der Waals surface area contributed by atoms with Crippen LogP contribution < -0.4 is 4.74 Å². The van der Waals surface area contributed by atoms with Gasteiger partial charge in [-0.15, -0.1) is 0 Å². The van der Waals surface area contributed by atoms with Gasteiger partial charge < -0.3 is 9.84 Å². The van der Waals surface area contributed by atoms with Gasteiger partial charge in [-0.3, -0.25) is 15.0 Å². The van der Waals surface area contributed by atoms with Crippen LogP contribution >= 0.6 is 0 Å². The Morgan fingerprint density at radius 1 is 1.21 bits per heavy atom. The van der Waals surface area contributed by atoms with E-state index in [9.17, 15) is 28.4 Å². The minimum atomic E-state index is -4.44. The van der Waals surface area contributed by atoms with Gasteiger partial charge in [0.2, 0.25) is 0 Å². The Morgan fingerprint density at radius 2 is 1.96 bits per heavy atom. The predicted molar refractivity (Wildman–Crippen MR) is 95.0 cm³/mol. The Balaban J connectivity index is 1.69. The summed E-state index contributed by atoms with van der Waals surface area (Å²) in [4.78, 5) is 12.3. The predicted octanol–water partition coefficient (Wildman–Crippen LogP) is 3.80. The Bertz CT molecular complexity index is 844. The second-order valence-corrected chi connectivity index (χ2v) is 6.60. The number of nitro benzene ring substituents is 1. The number of likely N-dealkylation sites (tertiary alicyclic amines) is 1. The van der Waals surface area contributed by atoms with Gasteiger partial charge >= 0.3 is 11.9 Å². The maximum absolute atomic E-state index is 13.0. The zero-order valence-corrected chi connectivity index (χ0v) is 14.8. The van der Waals surface area contributed by atoms with Gasteiger partial charge in [-0.05, 0) is 30.2 Å². The number of ether oxygens (including phenoxy) is 1. The first-order chi connectivity index (χ1) is 13.3. The van der Waals surface area contributed by atoms with Crippen LogP contribution in [0, 0.1) is 10.1 Å². The SMILES string of the molecule is O=[N+]([O-])c1ccccc1OCCN1CC(O)CC1c1cccc(C(F)(F)F)c1. The van der Waals surface area contributed by atoms with Crippen molar-refractivity contribution in [3.8, 4) is 5.75 Å². The highest BCUT2D eigenvalue weighted by Gasteiger charge is 2.35. The van der Waals surface area contributed by atoms with E-state index in [1.807, 2.05) is 4.90 Å². The third-order valence-electron chi connectivity index (χ3n) is 4.68. The molecule has 150 valence electrons. The molecule has 28 heavy (non-hydrogen) atoms. The van der Waals surface area contributed by atoms with Gasteiger partial charge in [0.25, 0.3) is 0 Å². The lowest BCUT2D eigenvalue weighted by molar-refractivity contribution is -0.385. The topological polar surface area (TPSA) is 75.8 Å². The number of benzene rings is 2. The van der Waals surface area contributed by atoms with Crippen molar-refractivity contribution in [2.24, 2.45) is 0 Å². The van der Waals surface area contributed by atoms with Crippen molar-refractivity contribution in [2.75, 3.05) is 19.7 Å². The Kier molecular flexibility index (Phi) is 5.85. The summed E-state index contributed by atoms with van der Waals surface area (Å²) < 4.78 is 44.5. The fraction of sp³-hybridized carbons (Fsp3) is 0.368. The van der Waals surface area contributed by atoms with Crippen molar-refractivity contribution >= 4 is 5.69 Å². The molecule has 6 nitrogen and oxygen atoms in total. The van der Waals surface area contributed by atoms with Gasteiger partial charge in [0.1, 0.15) is 6.61 Å². The lowest BCUT2D eigenvalue weighted by atomic mass is 10.0. The number of aliphatic hydroxyl groups is 1. The fourth-order valence-electron chi connectivity index (χ4n) is 3.40. The molecule has 0 bridgehead atoms. The van der Waals surface area contributed by atoms with E-state index in [-0.39, 0.29) is 24.1 Å². The van der Waals surface area contributed by atoms with E-state index in [2.05, 4.69) is 0 Å². The molecule has 1 saturated heterocycles. The summed E-state index contributed by atoms with van der Waals surface area (Å²) in [5.41, 5.74) is -0.419. The zero-order valence-electron chi connectivity index (χ0n) is 14.8. The highest BCUT2D eigenvalue weighted by atomic mass is 19.4. The molecule has 0 spiro atoms. The second-order valence-electron chi connectivity index (χ2n) is 6.60. The molecule has 9 heteroatoms. The standard InChI is InChI=1S/C19H19F3N2O4/c20-19(21,22)14-5-3-4-13(10-14)17-11-15(25)12-23(17)8-9-28-18-7-2-1-6-16(18)24(26)27/h1-7,10,15,17,25H,8-9,11-12H2. The summed E-state index contributed by atoms with van der Waals surface area (Å²) >= 11 is 0. The highest BCUT2D eigenvalue weighted by molar-refractivity contribution is 5.45. The summed E-state index contributed by atoms with van der Waals surface area (Å²) in [6.45, 7) is 0.707. The minimum absolute atomic E-state index is 0.104. The van der Waals surface area contributed by atoms with Crippen LogP contribution in [0.3, 0.4) is 0 Å². The van der Waals surface area contributed by atoms with E-state index < -0.39 is 22.8 Å². The molecule has 2 aromatic carbocycles. The van der Waals surface area contributed by atoms with Gasteiger partial charge in [-0.2, -0.15) is 13.2 Å². The molecule has 0 saturated carbocycles. The van der Waals surface area contributed by atoms with Gasteiger partial charge in [-0.1, -0.05) is 24.3 Å². The number of halogens is 3. The van der Waals surface area contributed by atoms with Gasteiger partial charge in [0, 0.05) is 25.2 Å². The second kappa shape index (κ2) is 8.15. The molecule has 0 aliphatic carbocycles. The number of nitrogens with zero attached hydrogens (tertiary/aromatic N) is 2. The molecule has 0 radical (unpaired) electrons. The molecule has 1 aliphatic heterocycles. The molecule has 2 aromatic rings. The molecule has 0 aromatic heterocycles. The largest absolute Gasteiger partial charge is 0.485 e. The summed E-state index contributed by atoms with van der Waals surface area (Å²) in [6, 6.07) is 10.7. The molecule has 1 aliphatic rings. The maximum atomic E-state index is 13.0. The number of hydrogen-bond donors (Lipinski definition) is 1. The van der Waals surface area contributed by atoms with Crippen LogP contribution in [-0.2, 0) is 6.18 Å². The maximum Gasteiger partial charge on any atom is 0.416 e. The normalized spacial score (nSPS) is 20.3. The van der Waals surface area contributed by atoms with Crippen LogP contribution in [0.5, 0.6) is 5.75 Å². The van der Waals surface area contributed by atoms with E-state index in [0.717, 1.165) is 12.1 Å².